The number of hydrogen-bond donors (Lipinski definition) is 1. The van der Waals surface area contributed by atoms with Gasteiger partial charge in [-0.3, -0.25) is 4.68 Å². The van der Waals surface area contributed by atoms with Gasteiger partial charge in [-0.05, 0) is 11.6 Å². The molecule has 1 heterocycles. The minimum atomic E-state index is -4.20. The van der Waals surface area contributed by atoms with Crippen LogP contribution in [0.3, 0.4) is 0 Å². The lowest BCUT2D eigenvalue weighted by Crippen LogP contribution is -2.29. The van der Waals surface area contributed by atoms with Gasteiger partial charge >= 0.3 is 6.18 Å². The van der Waals surface area contributed by atoms with Crippen LogP contribution in [0.15, 0.2) is 48.8 Å². The molecule has 6 heteroatoms. The van der Waals surface area contributed by atoms with E-state index >= 15 is 0 Å². The Kier molecular flexibility index (Phi) is 4.79. The Morgan fingerprint density at radius 2 is 1.90 bits per heavy atom. The first-order chi connectivity index (χ1) is 9.54. The van der Waals surface area contributed by atoms with Gasteiger partial charge in [0, 0.05) is 25.0 Å². The fraction of sp³-hybridized carbons (Fsp3) is 0.357. The molecule has 2 aromatic rings. The summed E-state index contributed by atoms with van der Waals surface area (Å²) in [6, 6.07) is 9.74. The van der Waals surface area contributed by atoms with E-state index in [1.165, 1.54) is 0 Å². The van der Waals surface area contributed by atoms with E-state index in [0.29, 0.717) is 18.7 Å². The van der Waals surface area contributed by atoms with Crippen molar-refractivity contribution in [1.29, 1.82) is 0 Å². The highest BCUT2D eigenvalue weighted by Crippen LogP contribution is 2.29. The molecule has 0 aliphatic rings. The third-order valence-electron chi connectivity index (χ3n) is 2.93. The topological polar surface area (TPSA) is 29.9 Å². The van der Waals surface area contributed by atoms with E-state index in [9.17, 15) is 13.2 Å². The lowest BCUT2D eigenvalue weighted by atomic mass is 10.0. The maximum absolute atomic E-state index is 12.6. The van der Waals surface area contributed by atoms with Crippen molar-refractivity contribution in [2.75, 3.05) is 6.54 Å². The Morgan fingerprint density at radius 1 is 1.15 bits per heavy atom. The molecule has 0 aliphatic heterocycles. The van der Waals surface area contributed by atoms with Crippen LogP contribution in [0.5, 0.6) is 0 Å². The SMILES string of the molecule is FC(F)(F)CC(NCCn1cccn1)c1ccccc1. The number of nitrogens with one attached hydrogen (secondary N) is 1. The predicted molar refractivity (Wildman–Crippen MR) is 70.1 cm³/mol. The minimum absolute atomic E-state index is 0.428. The lowest BCUT2D eigenvalue weighted by Gasteiger charge is -2.20. The van der Waals surface area contributed by atoms with Gasteiger partial charge in [-0.15, -0.1) is 0 Å². The van der Waals surface area contributed by atoms with Crippen LogP contribution in [0.25, 0.3) is 0 Å². The molecule has 1 N–H and O–H groups in total. The van der Waals surface area contributed by atoms with Crippen LogP contribution in [0.4, 0.5) is 13.2 Å². The quantitative estimate of drug-likeness (QED) is 0.882. The third kappa shape index (κ3) is 4.70. The molecule has 3 nitrogen and oxygen atoms in total. The fourth-order valence-electron chi connectivity index (χ4n) is 2.01. The van der Waals surface area contributed by atoms with E-state index in [1.54, 1.807) is 53.5 Å². The van der Waals surface area contributed by atoms with E-state index in [1.807, 2.05) is 0 Å². The van der Waals surface area contributed by atoms with Crippen LogP contribution in [-0.4, -0.2) is 22.5 Å². The second-order valence-electron chi connectivity index (χ2n) is 4.51. The van der Waals surface area contributed by atoms with Gasteiger partial charge in [0.25, 0.3) is 0 Å². The summed E-state index contributed by atoms with van der Waals surface area (Å²) in [5, 5.41) is 6.96. The highest BCUT2D eigenvalue weighted by molar-refractivity contribution is 5.19. The smallest absolute Gasteiger partial charge is 0.308 e. The van der Waals surface area contributed by atoms with Crippen LogP contribution in [-0.2, 0) is 6.54 Å². The second-order valence-corrected chi connectivity index (χ2v) is 4.51. The van der Waals surface area contributed by atoms with E-state index in [-0.39, 0.29) is 0 Å². The van der Waals surface area contributed by atoms with Crippen molar-refractivity contribution in [2.24, 2.45) is 0 Å². The third-order valence-corrected chi connectivity index (χ3v) is 2.93. The maximum Gasteiger partial charge on any atom is 0.390 e. The average Bonchev–Trinajstić information content (AvgIpc) is 2.90. The largest absolute Gasteiger partial charge is 0.390 e. The minimum Gasteiger partial charge on any atom is -0.308 e. The molecule has 108 valence electrons. The zero-order valence-electron chi connectivity index (χ0n) is 10.8. The summed E-state index contributed by atoms with van der Waals surface area (Å²) >= 11 is 0. The van der Waals surface area contributed by atoms with Crippen LogP contribution in [0.1, 0.15) is 18.0 Å². The van der Waals surface area contributed by atoms with E-state index in [2.05, 4.69) is 10.4 Å². The summed E-state index contributed by atoms with van der Waals surface area (Å²) in [4.78, 5) is 0. The Labute approximate surface area is 115 Å². The Morgan fingerprint density at radius 3 is 2.50 bits per heavy atom. The average molecular weight is 283 g/mol. The Bertz CT molecular complexity index is 494. The number of aromatic nitrogens is 2. The van der Waals surface area contributed by atoms with E-state index in [0.717, 1.165) is 0 Å². The van der Waals surface area contributed by atoms with Gasteiger partial charge in [0.1, 0.15) is 0 Å². The van der Waals surface area contributed by atoms with Crippen molar-refractivity contribution in [1.82, 2.24) is 15.1 Å². The monoisotopic (exact) mass is 283 g/mol. The lowest BCUT2D eigenvalue weighted by molar-refractivity contribution is -0.140. The number of nitrogens with zero attached hydrogens (tertiary/aromatic N) is 2. The highest BCUT2D eigenvalue weighted by atomic mass is 19.4. The van der Waals surface area contributed by atoms with Gasteiger partial charge < -0.3 is 5.32 Å². The zero-order valence-corrected chi connectivity index (χ0v) is 10.8. The fourth-order valence-corrected chi connectivity index (χ4v) is 2.01. The number of benzene rings is 1. The van der Waals surface area contributed by atoms with Crippen LogP contribution >= 0.6 is 0 Å². The summed E-state index contributed by atoms with van der Waals surface area (Å²) in [7, 11) is 0. The maximum atomic E-state index is 12.6. The normalized spacial score (nSPS) is 13.3. The van der Waals surface area contributed by atoms with Gasteiger partial charge in [-0.25, -0.2) is 0 Å². The van der Waals surface area contributed by atoms with Crippen LogP contribution in [0, 0.1) is 0 Å². The van der Waals surface area contributed by atoms with Gasteiger partial charge in [-0.2, -0.15) is 18.3 Å². The van der Waals surface area contributed by atoms with Gasteiger partial charge in [0.05, 0.1) is 13.0 Å². The first-order valence-electron chi connectivity index (χ1n) is 6.37. The molecule has 1 atom stereocenters. The van der Waals surface area contributed by atoms with Crippen LogP contribution in [0.2, 0.25) is 0 Å². The molecular formula is C14H16F3N3. The standard InChI is InChI=1S/C14H16F3N3/c15-14(16,17)11-13(12-5-2-1-3-6-12)18-8-10-20-9-4-7-19-20/h1-7,9,13,18H,8,10-11H2. The Balaban J connectivity index is 1.96. The second kappa shape index (κ2) is 6.56. The number of alkyl halides is 3. The summed E-state index contributed by atoms with van der Waals surface area (Å²) in [5.41, 5.74) is 0.644. The molecule has 0 radical (unpaired) electrons. The number of rotatable bonds is 6. The van der Waals surface area contributed by atoms with E-state index in [4.69, 9.17) is 0 Å². The Hall–Kier alpha value is -1.82. The molecule has 0 bridgehead atoms. The predicted octanol–water partition coefficient (Wildman–Crippen LogP) is 3.17. The van der Waals surface area contributed by atoms with E-state index < -0.39 is 18.6 Å². The highest BCUT2D eigenvalue weighted by Gasteiger charge is 2.32. The van der Waals surface area contributed by atoms with Crippen molar-refractivity contribution in [3.8, 4) is 0 Å². The summed E-state index contributed by atoms with van der Waals surface area (Å²) < 4.78 is 39.6. The van der Waals surface area contributed by atoms with Gasteiger partial charge in [-0.1, -0.05) is 30.3 Å². The van der Waals surface area contributed by atoms with Crippen molar-refractivity contribution in [2.45, 2.75) is 25.2 Å². The van der Waals surface area contributed by atoms with Crippen molar-refractivity contribution < 1.29 is 13.2 Å². The molecule has 0 fully saturated rings. The molecule has 1 aromatic heterocycles. The zero-order chi connectivity index (χ0) is 14.4. The van der Waals surface area contributed by atoms with Crippen molar-refractivity contribution in [3.05, 3.63) is 54.4 Å². The van der Waals surface area contributed by atoms with Crippen molar-refractivity contribution in [3.63, 3.8) is 0 Å². The summed E-state index contributed by atoms with van der Waals surface area (Å²) in [6.07, 6.45) is -1.65. The van der Waals surface area contributed by atoms with Crippen molar-refractivity contribution >= 4 is 0 Å². The molecule has 0 saturated heterocycles. The summed E-state index contributed by atoms with van der Waals surface area (Å²) in [6.45, 7) is 0.964. The molecule has 1 unspecified atom stereocenters. The first kappa shape index (κ1) is 14.6. The number of hydrogen-bond acceptors (Lipinski definition) is 2. The summed E-state index contributed by atoms with van der Waals surface area (Å²) in [5.74, 6) is 0. The van der Waals surface area contributed by atoms with Gasteiger partial charge in [0.15, 0.2) is 0 Å². The molecule has 0 amide bonds. The van der Waals surface area contributed by atoms with Gasteiger partial charge in [0.2, 0.25) is 0 Å². The molecule has 2 rings (SSSR count). The van der Waals surface area contributed by atoms with Crippen LogP contribution < -0.4 is 5.32 Å². The molecule has 0 saturated carbocycles. The molecule has 0 spiro atoms. The molecule has 1 aromatic carbocycles. The molecule has 20 heavy (non-hydrogen) atoms. The molecular weight excluding hydrogens is 267 g/mol. The first-order valence-corrected chi connectivity index (χ1v) is 6.37. The molecule has 0 aliphatic carbocycles. The number of halogens is 3.